The summed E-state index contributed by atoms with van der Waals surface area (Å²) in [5, 5.41) is 9.95. The zero-order valence-electron chi connectivity index (χ0n) is 27.1. The lowest BCUT2D eigenvalue weighted by atomic mass is 10.00. The Labute approximate surface area is 257 Å². The molecule has 1 aliphatic heterocycles. The van der Waals surface area contributed by atoms with Crippen molar-refractivity contribution in [3.8, 4) is 0 Å². The summed E-state index contributed by atoms with van der Waals surface area (Å²) in [6.45, 7) is 6.50. The van der Waals surface area contributed by atoms with E-state index in [1.54, 1.807) is 0 Å². The Balaban J connectivity index is 1.91. The Morgan fingerprint density at radius 3 is 1.93 bits per heavy atom. The monoisotopic (exact) mass is 590 g/mol. The lowest BCUT2D eigenvalue weighted by Crippen LogP contribution is -2.25. The van der Waals surface area contributed by atoms with Gasteiger partial charge in [-0.05, 0) is 57.3 Å². The van der Waals surface area contributed by atoms with E-state index in [0.29, 0.717) is 31.5 Å². The third kappa shape index (κ3) is 23.6. The standard InChI is InChI=1S/C36H62O6/c1-4-6-7-8-15-20-25-33-34(42-33)26-21-16-10-9-11-17-22-27-35(38)40-29-32(37)30-41-36(39)28-23-18-13-12-14-19-24-31(3)5-2/h9,11,15-16,20-21,31-34,37H,4-8,10,12-14,17-19,22-30H2,1-3H3/b11-9-,20-15-,21-16-/t31?,32-,33?,34?/m1/s1. The predicted octanol–water partition coefficient (Wildman–Crippen LogP) is 8.96. The van der Waals surface area contributed by atoms with Crippen molar-refractivity contribution < 1.29 is 28.9 Å². The summed E-state index contributed by atoms with van der Waals surface area (Å²) in [5.74, 6) is 0.182. The molecule has 0 saturated carbocycles. The van der Waals surface area contributed by atoms with Gasteiger partial charge in [0.2, 0.25) is 0 Å². The summed E-state index contributed by atoms with van der Waals surface area (Å²) in [7, 11) is 0. The number of unbranched alkanes of at least 4 members (excludes halogenated alkanes) is 9. The van der Waals surface area contributed by atoms with Gasteiger partial charge in [-0.1, -0.05) is 115 Å². The van der Waals surface area contributed by atoms with Crippen molar-refractivity contribution in [3.05, 3.63) is 36.5 Å². The number of hydrogen-bond acceptors (Lipinski definition) is 6. The number of ether oxygens (including phenoxy) is 3. The van der Waals surface area contributed by atoms with Crippen molar-refractivity contribution in [2.24, 2.45) is 5.92 Å². The molecule has 0 aromatic carbocycles. The van der Waals surface area contributed by atoms with Gasteiger partial charge in [0.05, 0.1) is 12.2 Å². The number of carbonyl (C=O) groups excluding carboxylic acids is 2. The van der Waals surface area contributed by atoms with Crippen molar-refractivity contribution in [1.82, 2.24) is 0 Å². The van der Waals surface area contributed by atoms with Crippen molar-refractivity contribution in [3.63, 3.8) is 0 Å². The van der Waals surface area contributed by atoms with Gasteiger partial charge in [0.15, 0.2) is 0 Å². The van der Waals surface area contributed by atoms with Crippen LogP contribution in [0.15, 0.2) is 36.5 Å². The Kier molecular flexibility index (Phi) is 24.2. The topological polar surface area (TPSA) is 85.4 Å². The van der Waals surface area contributed by atoms with Gasteiger partial charge < -0.3 is 19.3 Å². The first kappa shape index (κ1) is 38.1. The molecule has 1 saturated heterocycles. The number of allylic oxidation sites excluding steroid dienone is 4. The molecule has 1 aliphatic rings. The molecule has 42 heavy (non-hydrogen) atoms. The number of hydrogen-bond donors (Lipinski definition) is 1. The Bertz CT molecular complexity index is 758. The molecule has 0 spiro atoms. The molecule has 0 bridgehead atoms. The Morgan fingerprint density at radius 1 is 0.714 bits per heavy atom. The quantitative estimate of drug-likeness (QED) is 0.0424. The maximum atomic E-state index is 11.9. The zero-order valence-corrected chi connectivity index (χ0v) is 27.1. The molecule has 0 aliphatic carbocycles. The number of aliphatic hydroxyl groups excluding tert-OH is 1. The SMILES string of the molecule is CCCCC/C=C\CC1OC1C/C=C\C/C=C\CCCC(=O)OC[C@@H](O)COC(=O)CCCCCCCCC(C)CC. The molecule has 6 nitrogen and oxygen atoms in total. The van der Waals surface area contributed by atoms with Crippen LogP contribution in [0.4, 0.5) is 0 Å². The van der Waals surface area contributed by atoms with Gasteiger partial charge in [-0.2, -0.15) is 0 Å². The van der Waals surface area contributed by atoms with E-state index in [9.17, 15) is 14.7 Å². The molecule has 1 heterocycles. The molecule has 0 radical (unpaired) electrons. The van der Waals surface area contributed by atoms with E-state index >= 15 is 0 Å². The number of epoxide rings is 1. The van der Waals surface area contributed by atoms with Crippen molar-refractivity contribution >= 4 is 11.9 Å². The highest BCUT2D eigenvalue weighted by molar-refractivity contribution is 5.69. The molecular formula is C36H62O6. The highest BCUT2D eigenvalue weighted by Gasteiger charge is 2.35. The van der Waals surface area contributed by atoms with Crippen LogP contribution in [0, 0.1) is 5.92 Å². The van der Waals surface area contributed by atoms with Crippen LogP contribution in [-0.2, 0) is 23.8 Å². The van der Waals surface area contributed by atoms with Crippen LogP contribution in [0.5, 0.6) is 0 Å². The third-order valence-corrected chi connectivity index (χ3v) is 7.82. The van der Waals surface area contributed by atoms with Gasteiger partial charge in [-0.25, -0.2) is 0 Å². The molecular weight excluding hydrogens is 528 g/mol. The fourth-order valence-electron chi connectivity index (χ4n) is 4.68. The lowest BCUT2D eigenvalue weighted by Gasteiger charge is -2.12. The molecule has 0 aromatic heterocycles. The number of esters is 2. The Hall–Kier alpha value is -1.92. The second-order valence-electron chi connectivity index (χ2n) is 11.9. The minimum Gasteiger partial charge on any atom is -0.463 e. The second kappa shape index (κ2) is 26.7. The van der Waals surface area contributed by atoms with Crippen molar-refractivity contribution in [1.29, 1.82) is 0 Å². The van der Waals surface area contributed by atoms with Crippen LogP contribution < -0.4 is 0 Å². The fraction of sp³-hybridized carbons (Fsp3) is 0.778. The van der Waals surface area contributed by atoms with E-state index in [2.05, 4.69) is 57.2 Å². The predicted molar refractivity (Wildman–Crippen MR) is 172 cm³/mol. The number of carbonyl (C=O) groups is 2. The van der Waals surface area contributed by atoms with E-state index < -0.39 is 6.10 Å². The zero-order chi connectivity index (χ0) is 30.7. The van der Waals surface area contributed by atoms with Gasteiger partial charge in [0, 0.05) is 12.8 Å². The van der Waals surface area contributed by atoms with Crippen LogP contribution in [0.3, 0.4) is 0 Å². The van der Waals surface area contributed by atoms with Gasteiger partial charge >= 0.3 is 11.9 Å². The average Bonchev–Trinajstić information content (AvgIpc) is 3.74. The average molecular weight is 591 g/mol. The first-order valence-electron chi connectivity index (χ1n) is 17.1. The highest BCUT2D eigenvalue weighted by Crippen LogP contribution is 2.29. The smallest absolute Gasteiger partial charge is 0.305 e. The van der Waals surface area contributed by atoms with E-state index in [4.69, 9.17) is 14.2 Å². The molecule has 1 N–H and O–H groups in total. The summed E-state index contributed by atoms with van der Waals surface area (Å²) < 4.78 is 16.0. The van der Waals surface area contributed by atoms with Crippen LogP contribution in [0.2, 0.25) is 0 Å². The summed E-state index contributed by atoms with van der Waals surface area (Å²) in [6, 6.07) is 0. The van der Waals surface area contributed by atoms with Crippen molar-refractivity contribution in [2.75, 3.05) is 13.2 Å². The molecule has 242 valence electrons. The van der Waals surface area contributed by atoms with Crippen LogP contribution in [0.1, 0.15) is 143 Å². The normalized spacial score (nSPS) is 18.2. The van der Waals surface area contributed by atoms with Gasteiger partial charge in [-0.3, -0.25) is 9.59 Å². The maximum Gasteiger partial charge on any atom is 0.305 e. The highest BCUT2D eigenvalue weighted by atomic mass is 16.6. The van der Waals surface area contributed by atoms with E-state index in [1.165, 1.54) is 57.8 Å². The van der Waals surface area contributed by atoms with E-state index in [0.717, 1.165) is 50.9 Å². The van der Waals surface area contributed by atoms with Gasteiger partial charge in [0.1, 0.15) is 19.3 Å². The summed E-state index contributed by atoms with van der Waals surface area (Å²) in [5.41, 5.74) is 0. The van der Waals surface area contributed by atoms with Gasteiger partial charge in [-0.15, -0.1) is 0 Å². The maximum absolute atomic E-state index is 11.9. The van der Waals surface area contributed by atoms with Crippen LogP contribution in [-0.4, -0.2) is 48.6 Å². The summed E-state index contributed by atoms with van der Waals surface area (Å²) in [6.07, 6.45) is 32.3. The molecule has 0 amide bonds. The first-order valence-corrected chi connectivity index (χ1v) is 17.1. The molecule has 4 atom stereocenters. The van der Waals surface area contributed by atoms with Crippen molar-refractivity contribution in [2.45, 2.75) is 161 Å². The largest absolute Gasteiger partial charge is 0.463 e. The molecule has 6 heteroatoms. The molecule has 0 aromatic rings. The number of aliphatic hydroxyl groups is 1. The minimum atomic E-state index is -0.988. The lowest BCUT2D eigenvalue weighted by molar-refractivity contribution is -0.152. The third-order valence-electron chi connectivity index (χ3n) is 7.82. The Morgan fingerprint density at radius 2 is 1.26 bits per heavy atom. The molecule has 1 fully saturated rings. The van der Waals surface area contributed by atoms with Crippen LogP contribution >= 0.6 is 0 Å². The van der Waals surface area contributed by atoms with Gasteiger partial charge in [0.25, 0.3) is 0 Å². The van der Waals surface area contributed by atoms with E-state index in [1.807, 2.05) is 0 Å². The molecule has 3 unspecified atom stereocenters. The first-order chi connectivity index (χ1) is 20.5. The summed E-state index contributed by atoms with van der Waals surface area (Å²) >= 11 is 0. The summed E-state index contributed by atoms with van der Waals surface area (Å²) in [4.78, 5) is 23.8. The minimum absolute atomic E-state index is 0.137. The van der Waals surface area contributed by atoms with Crippen LogP contribution in [0.25, 0.3) is 0 Å². The number of rotatable bonds is 28. The second-order valence-corrected chi connectivity index (χ2v) is 11.9. The fourth-order valence-corrected chi connectivity index (χ4v) is 4.68. The molecule has 1 rings (SSSR count). The van der Waals surface area contributed by atoms with E-state index in [-0.39, 0.29) is 25.2 Å².